The van der Waals surface area contributed by atoms with Gasteiger partial charge in [-0.15, -0.1) is 11.3 Å². The number of aryl methyl sites for hydroxylation is 1. The lowest BCUT2D eigenvalue weighted by Gasteiger charge is -2.02. The van der Waals surface area contributed by atoms with Crippen molar-refractivity contribution in [2.75, 3.05) is 11.8 Å². The molecule has 1 amide bonds. The molecule has 0 spiro atoms. The summed E-state index contributed by atoms with van der Waals surface area (Å²) in [6.45, 7) is 1.85. The zero-order valence-corrected chi connectivity index (χ0v) is 14.5. The number of carbonyl (C=O) groups excluding carboxylic acids is 1. The predicted molar refractivity (Wildman–Crippen MR) is 83.9 cm³/mol. The van der Waals surface area contributed by atoms with Crippen molar-refractivity contribution in [3.63, 3.8) is 0 Å². The molecule has 0 saturated carbocycles. The summed E-state index contributed by atoms with van der Waals surface area (Å²) in [5.41, 5.74) is 1.16. The molecule has 0 aliphatic carbocycles. The van der Waals surface area contributed by atoms with Crippen molar-refractivity contribution >= 4 is 48.9 Å². The Bertz CT molecular complexity index is 747. The summed E-state index contributed by atoms with van der Waals surface area (Å²) >= 11 is 4.44. The Balaban J connectivity index is 2.15. The van der Waals surface area contributed by atoms with E-state index in [0.29, 0.717) is 5.69 Å². The standard InChI is InChI=1S/C11H13BrN4O3S2/c1-7-3-10(20-11(7)12)21(18,19)15-8-4-14-16(5-8)6-9(17)13-2/h3-5,15H,6H2,1-2H3,(H,13,17). The van der Waals surface area contributed by atoms with Crippen molar-refractivity contribution in [1.82, 2.24) is 15.1 Å². The Hall–Kier alpha value is -1.39. The number of thiophene rings is 1. The lowest BCUT2D eigenvalue weighted by atomic mass is 10.4. The van der Waals surface area contributed by atoms with E-state index in [9.17, 15) is 13.2 Å². The number of likely N-dealkylation sites (N-methyl/N-ethyl adjacent to an activating group) is 1. The molecule has 0 unspecified atom stereocenters. The second-order valence-electron chi connectivity index (χ2n) is 4.23. The van der Waals surface area contributed by atoms with Crippen LogP contribution in [-0.4, -0.2) is 31.2 Å². The SMILES string of the molecule is CNC(=O)Cn1cc(NS(=O)(=O)c2cc(C)c(Br)s2)cn1. The Morgan fingerprint density at radius 2 is 2.24 bits per heavy atom. The summed E-state index contributed by atoms with van der Waals surface area (Å²) in [6.07, 6.45) is 2.82. The van der Waals surface area contributed by atoms with E-state index in [2.05, 4.69) is 31.1 Å². The van der Waals surface area contributed by atoms with Gasteiger partial charge in [-0.25, -0.2) is 8.42 Å². The number of sulfonamides is 1. The molecule has 2 N–H and O–H groups in total. The van der Waals surface area contributed by atoms with Gasteiger partial charge >= 0.3 is 0 Å². The quantitative estimate of drug-likeness (QED) is 0.807. The number of carbonyl (C=O) groups is 1. The molecule has 0 aromatic carbocycles. The molecule has 0 atom stereocenters. The van der Waals surface area contributed by atoms with Gasteiger partial charge in [-0.3, -0.25) is 14.2 Å². The maximum Gasteiger partial charge on any atom is 0.271 e. The molecular weight excluding hydrogens is 380 g/mol. The third kappa shape index (κ3) is 3.83. The Labute approximate surface area is 134 Å². The normalized spacial score (nSPS) is 11.4. The first-order valence-corrected chi connectivity index (χ1v) is 8.93. The highest BCUT2D eigenvalue weighted by atomic mass is 79.9. The van der Waals surface area contributed by atoms with Crippen molar-refractivity contribution in [3.05, 3.63) is 27.8 Å². The molecule has 0 fully saturated rings. The second kappa shape index (κ2) is 6.16. The molecule has 114 valence electrons. The van der Waals surface area contributed by atoms with Gasteiger partial charge in [0.15, 0.2) is 0 Å². The molecule has 7 nitrogen and oxygen atoms in total. The van der Waals surface area contributed by atoms with Gasteiger partial charge in [0.05, 0.1) is 15.7 Å². The number of hydrogen-bond acceptors (Lipinski definition) is 5. The van der Waals surface area contributed by atoms with Crippen LogP contribution in [0.3, 0.4) is 0 Å². The van der Waals surface area contributed by atoms with Crippen LogP contribution in [0.1, 0.15) is 5.56 Å². The van der Waals surface area contributed by atoms with Gasteiger partial charge in [0, 0.05) is 13.2 Å². The fourth-order valence-corrected chi connectivity index (χ4v) is 4.75. The van der Waals surface area contributed by atoms with Crippen LogP contribution >= 0.6 is 27.3 Å². The van der Waals surface area contributed by atoms with Crippen LogP contribution in [0.4, 0.5) is 5.69 Å². The number of anilines is 1. The summed E-state index contributed by atoms with van der Waals surface area (Å²) in [7, 11) is -2.13. The lowest BCUT2D eigenvalue weighted by Crippen LogP contribution is -2.23. The molecule has 2 aromatic heterocycles. The molecule has 2 heterocycles. The smallest absolute Gasteiger partial charge is 0.271 e. The fourth-order valence-electron chi connectivity index (χ4n) is 1.50. The van der Waals surface area contributed by atoms with Crippen molar-refractivity contribution in [2.45, 2.75) is 17.7 Å². The van der Waals surface area contributed by atoms with Crippen molar-refractivity contribution in [2.24, 2.45) is 0 Å². The van der Waals surface area contributed by atoms with Crippen LogP contribution in [0.5, 0.6) is 0 Å². The highest BCUT2D eigenvalue weighted by Crippen LogP contribution is 2.31. The van der Waals surface area contributed by atoms with E-state index >= 15 is 0 Å². The number of hydrogen-bond donors (Lipinski definition) is 2. The molecule has 2 rings (SSSR count). The lowest BCUT2D eigenvalue weighted by molar-refractivity contribution is -0.121. The molecule has 0 aliphatic rings. The predicted octanol–water partition coefficient (Wildman–Crippen LogP) is 1.56. The Kier molecular flexibility index (Phi) is 4.69. The van der Waals surface area contributed by atoms with E-state index < -0.39 is 10.0 Å². The largest absolute Gasteiger partial charge is 0.358 e. The number of nitrogens with zero attached hydrogens (tertiary/aromatic N) is 2. The van der Waals surface area contributed by atoms with Gasteiger partial charge in [0.2, 0.25) is 5.91 Å². The minimum atomic E-state index is -3.65. The number of nitrogens with one attached hydrogen (secondary N) is 2. The highest BCUT2D eigenvalue weighted by molar-refractivity contribution is 9.11. The minimum absolute atomic E-state index is 0.0296. The van der Waals surface area contributed by atoms with E-state index in [1.807, 2.05) is 6.92 Å². The molecule has 0 aliphatic heterocycles. The van der Waals surface area contributed by atoms with Gasteiger partial charge in [-0.2, -0.15) is 5.10 Å². The number of rotatable bonds is 5. The van der Waals surface area contributed by atoms with E-state index in [4.69, 9.17) is 0 Å². The summed E-state index contributed by atoms with van der Waals surface area (Å²) in [5.74, 6) is -0.217. The number of halogens is 1. The van der Waals surface area contributed by atoms with Crippen molar-refractivity contribution < 1.29 is 13.2 Å². The van der Waals surface area contributed by atoms with Gasteiger partial charge in [0.1, 0.15) is 10.8 Å². The molecule has 0 bridgehead atoms. The topological polar surface area (TPSA) is 93.1 Å². The molecular formula is C11H13BrN4O3S2. The van der Waals surface area contributed by atoms with Crippen LogP contribution in [0.15, 0.2) is 26.5 Å². The fraction of sp³-hybridized carbons (Fsp3) is 0.273. The van der Waals surface area contributed by atoms with Crippen LogP contribution in [0.25, 0.3) is 0 Å². The van der Waals surface area contributed by atoms with E-state index in [1.54, 1.807) is 6.07 Å². The third-order valence-corrected chi connectivity index (χ3v) is 6.56. The minimum Gasteiger partial charge on any atom is -0.358 e. The van der Waals surface area contributed by atoms with Gasteiger partial charge in [-0.05, 0) is 34.5 Å². The monoisotopic (exact) mass is 392 g/mol. The Morgan fingerprint density at radius 3 is 2.81 bits per heavy atom. The zero-order valence-electron chi connectivity index (χ0n) is 11.3. The van der Waals surface area contributed by atoms with Crippen LogP contribution in [-0.2, 0) is 21.4 Å². The zero-order chi connectivity index (χ0) is 15.6. The first-order chi connectivity index (χ1) is 9.81. The van der Waals surface area contributed by atoms with Gasteiger partial charge < -0.3 is 5.32 Å². The maximum atomic E-state index is 12.2. The molecule has 0 saturated heterocycles. The molecule has 2 aromatic rings. The Morgan fingerprint density at radius 1 is 1.52 bits per heavy atom. The van der Waals surface area contributed by atoms with Gasteiger partial charge in [0.25, 0.3) is 10.0 Å². The third-order valence-electron chi connectivity index (χ3n) is 2.57. The van der Waals surface area contributed by atoms with Crippen LogP contribution < -0.4 is 10.0 Å². The number of amides is 1. The summed E-state index contributed by atoms with van der Waals surface area (Å²) in [4.78, 5) is 11.2. The number of aromatic nitrogens is 2. The molecule has 0 radical (unpaired) electrons. The first-order valence-electron chi connectivity index (χ1n) is 5.83. The average molecular weight is 393 g/mol. The summed E-state index contributed by atoms with van der Waals surface area (Å²) in [6, 6.07) is 1.59. The van der Waals surface area contributed by atoms with Crippen molar-refractivity contribution in [3.8, 4) is 0 Å². The van der Waals surface area contributed by atoms with Crippen LogP contribution in [0.2, 0.25) is 0 Å². The van der Waals surface area contributed by atoms with Crippen LogP contribution in [0, 0.1) is 6.92 Å². The highest BCUT2D eigenvalue weighted by Gasteiger charge is 2.19. The molecule has 21 heavy (non-hydrogen) atoms. The summed E-state index contributed by atoms with van der Waals surface area (Å²) < 4.78 is 29.2. The summed E-state index contributed by atoms with van der Waals surface area (Å²) in [5, 5.41) is 6.39. The van der Waals surface area contributed by atoms with Gasteiger partial charge in [-0.1, -0.05) is 0 Å². The second-order valence-corrected chi connectivity index (χ2v) is 8.51. The van der Waals surface area contributed by atoms with E-state index in [-0.39, 0.29) is 16.7 Å². The maximum absolute atomic E-state index is 12.2. The van der Waals surface area contributed by atoms with E-state index in [0.717, 1.165) is 20.7 Å². The van der Waals surface area contributed by atoms with E-state index in [1.165, 1.54) is 24.1 Å². The van der Waals surface area contributed by atoms with Crippen molar-refractivity contribution in [1.29, 1.82) is 0 Å². The average Bonchev–Trinajstić information content (AvgIpc) is 2.97. The first kappa shape index (κ1) is 16.0. The molecule has 10 heteroatoms.